The van der Waals surface area contributed by atoms with Gasteiger partial charge in [-0.15, -0.1) is 4.73 Å². The van der Waals surface area contributed by atoms with E-state index in [1.54, 1.807) is 0 Å². The maximum Gasteiger partial charge on any atom is 0.260 e. The van der Waals surface area contributed by atoms with Gasteiger partial charge in [-0.3, -0.25) is 5.41 Å². The van der Waals surface area contributed by atoms with E-state index in [0.717, 1.165) is 13.1 Å². The van der Waals surface area contributed by atoms with E-state index in [-0.39, 0.29) is 5.62 Å². The predicted octanol–water partition coefficient (Wildman–Crippen LogP) is 0.403. The summed E-state index contributed by atoms with van der Waals surface area (Å²) in [5.41, 5.74) is -0.177. The summed E-state index contributed by atoms with van der Waals surface area (Å²) in [7, 11) is 0. The SMILES string of the molecule is CCc1nc(N(CC)CC)nc(=N)n1O. The Morgan fingerprint density at radius 2 is 1.87 bits per heavy atom. The van der Waals surface area contributed by atoms with E-state index in [1.807, 2.05) is 25.7 Å². The molecular weight excluding hydrogens is 194 g/mol. The molecule has 0 aliphatic rings. The molecule has 0 atom stereocenters. The molecule has 0 radical (unpaired) electrons. The summed E-state index contributed by atoms with van der Waals surface area (Å²) in [6.07, 6.45) is 0.569. The quantitative estimate of drug-likeness (QED) is 0.707. The third-order valence-electron chi connectivity index (χ3n) is 2.24. The third-order valence-corrected chi connectivity index (χ3v) is 2.24. The molecule has 15 heavy (non-hydrogen) atoms. The minimum atomic E-state index is -0.177. The Morgan fingerprint density at radius 1 is 1.27 bits per heavy atom. The van der Waals surface area contributed by atoms with Gasteiger partial charge in [-0.25, -0.2) is 0 Å². The molecule has 1 heterocycles. The van der Waals surface area contributed by atoms with Crippen LogP contribution in [0.15, 0.2) is 0 Å². The molecule has 0 amide bonds. The molecule has 1 aromatic rings. The fourth-order valence-corrected chi connectivity index (χ4v) is 1.33. The molecule has 84 valence electrons. The van der Waals surface area contributed by atoms with Crippen molar-refractivity contribution in [3.63, 3.8) is 0 Å². The van der Waals surface area contributed by atoms with Gasteiger partial charge in [-0.05, 0) is 13.8 Å². The van der Waals surface area contributed by atoms with E-state index >= 15 is 0 Å². The molecule has 0 aliphatic heterocycles. The molecule has 0 unspecified atom stereocenters. The van der Waals surface area contributed by atoms with Crippen molar-refractivity contribution in [3.05, 3.63) is 11.4 Å². The number of hydrogen-bond donors (Lipinski definition) is 2. The van der Waals surface area contributed by atoms with Crippen LogP contribution < -0.4 is 10.5 Å². The van der Waals surface area contributed by atoms with Crippen molar-refractivity contribution in [2.24, 2.45) is 0 Å². The van der Waals surface area contributed by atoms with Crippen molar-refractivity contribution in [2.75, 3.05) is 18.0 Å². The highest BCUT2D eigenvalue weighted by molar-refractivity contribution is 5.27. The Labute approximate surface area is 88.7 Å². The lowest BCUT2D eigenvalue weighted by molar-refractivity contribution is 0.151. The normalized spacial score (nSPS) is 10.3. The van der Waals surface area contributed by atoms with Crippen LogP contribution in [0.25, 0.3) is 0 Å². The van der Waals surface area contributed by atoms with E-state index < -0.39 is 0 Å². The first kappa shape index (κ1) is 11.5. The maximum absolute atomic E-state index is 9.43. The lowest BCUT2D eigenvalue weighted by Crippen LogP contribution is -2.32. The number of hydrogen-bond acceptors (Lipinski definition) is 5. The zero-order valence-electron chi connectivity index (χ0n) is 9.36. The standard InChI is InChI=1S/C9H17N5O/c1-4-7-11-9(13(5-2)6-3)12-8(10)14(7)15/h10,15H,4-6H2,1-3H3. The molecule has 0 fully saturated rings. The van der Waals surface area contributed by atoms with Crippen LogP contribution in [0.3, 0.4) is 0 Å². The Morgan fingerprint density at radius 3 is 2.33 bits per heavy atom. The first-order valence-corrected chi connectivity index (χ1v) is 5.12. The van der Waals surface area contributed by atoms with E-state index in [9.17, 15) is 5.21 Å². The molecule has 0 spiro atoms. The number of aryl methyl sites for hydroxylation is 1. The van der Waals surface area contributed by atoms with Gasteiger partial charge in [0.25, 0.3) is 5.62 Å². The zero-order valence-corrected chi connectivity index (χ0v) is 9.36. The summed E-state index contributed by atoms with van der Waals surface area (Å²) in [4.78, 5) is 10.1. The van der Waals surface area contributed by atoms with Gasteiger partial charge in [-0.1, -0.05) is 6.92 Å². The highest BCUT2D eigenvalue weighted by Gasteiger charge is 2.09. The van der Waals surface area contributed by atoms with Gasteiger partial charge in [0.05, 0.1) is 0 Å². The van der Waals surface area contributed by atoms with Crippen LogP contribution in [0.5, 0.6) is 0 Å². The van der Waals surface area contributed by atoms with Crippen LogP contribution in [0.2, 0.25) is 0 Å². The van der Waals surface area contributed by atoms with Crippen molar-refractivity contribution in [1.82, 2.24) is 14.7 Å². The average Bonchev–Trinajstić information content (AvgIpc) is 2.24. The minimum Gasteiger partial charge on any atom is -0.424 e. The number of nitrogens with one attached hydrogen (secondary N) is 1. The molecule has 0 aromatic carbocycles. The van der Waals surface area contributed by atoms with Crippen molar-refractivity contribution in [2.45, 2.75) is 27.2 Å². The highest BCUT2D eigenvalue weighted by Crippen LogP contribution is 2.04. The smallest absolute Gasteiger partial charge is 0.260 e. The largest absolute Gasteiger partial charge is 0.424 e. The molecule has 0 bridgehead atoms. The monoisotopic (exact) mass is 211 g/mol. The van der Waals surface area contributed by atoms with Crippen molar-refractivity contribution < 1.29 is 5.21 Å². The molecule has 6 nitrogen and oxygen atoms in total. The molecule has 0 aliphatic carbocycles. The summed E-state index contributed by atoms with van der Waals surface area (Å²) >= 11 is 0. The average molecular weight is 211 g/mol. The van der Waals surface area contributed by atoms with Crippen LogP contribution >= 0.6 is 0 Å². The summed E-state index contributed by atoms with van der Waals surface area (Å²) < 4.78 is 0.715. The van der Waals surface area contributed by atoms with Crippen LogP contribution in [-0.4, -0.2) is 33.0 Å². The number of rotatable bonds is 4. The van der Waals surface area contributed by atoms with Gasteiger partial charge < -0.3 is 10.1 Å². The second-order valence-electron chi connectivity index (χ2n) is 3.10. The van der Waals surface area contributed by atoms with Gasteiger partial charge in [0.15, 0.2) is 5.82 Å². The van der Waals surface area contributed by atoms with Crippen LogP contribution in [0.1, 0.15) is 26.6 Å². The number of aromatic nitrogens is 3. The van der Waals surface area contributed by atoms with Gasteiger partial charge in [0.1, 0.15) is 0 Å². The van der Waals surface area contributed by atoms with Crippen LogP contribution in [-0.2, 0) is 6.42 Å². The molecule has 6 heteroatoms. The summed E-state index contributed by atoms with van der Waals surface area (Å²) in [5, 5.41) is 16.9. The molecule has 1 aromatic heterocycles. The lowest BCUT2D eigenvalue weighted by Gasteiger charge is -2.19. The summed E-state index contributed by atoms with van der Waals surface area (Å²) in [6.45, 7) is 7.45. The van der Waals surface area contributed by atoms with Gasteiger partial charge in [-0.2, -0.15) is 9.97 Å². The Kier molecular flexibility index (Phi) is 3.65. The van der Waals surface area contributed by atoms with E-state index in [1.165, 1.54) is 0 Å². The maximum atomic E-state index is 9.43. The van der Waals surface area contributed by atoms with E-state index in [4.69, 9.17) is 5.41 Å². The molecule has 1 rings (SSSR count). The second-order valence-corrected chi connectivity index (χ2v) is 3.10. The third kappa shape index (κ3) is 2.26. The van der Waals surface area contributed by atoms with E-state index in [0.29, 0.717) is 22.9 Å². The fraction of sp³-hybridized carbons (Fsp3) is 0.667. The summed E-state index contributed by atoms with van der Waals surface area (Å²) in [5.74, 6) is 0.962. The fourth-order valence-electron chi connectivity index (χ4n) is 1.33. The van der Waals surface area contributed by atoms with Gasteiger partial charge in [0.2, 0.25) is 5.95 Å². The first-order chi connectivity index (χ1) is 7.13. The molecule has 2 N–H and O–H groups in total. The van der Waals surface area contributed by atoms with E-state index in [2.05, 4.69) is 9.97 Å². The second kappa shape index (κ2) is 4.77. The van der Waals surface area contributed by atoms with Crippen LogP contribution in [0, 0.1) is 5.41 Å². The Hall–Kier alpha value is -1.59. The zero-order chi connectivity index (χ0) is 11.4. The molecule has 0 saturated heterocycles. The molecule has 0 saturated carbocycles. The minimum absolute atomic E-state index is 0.177. The summed E-state index contributed by atoms with van der Waals surface area (Å²) in [6, 6.07) is 0. The lowest BCUT2D eigenvalue weighted by atomic mass is 10.4. The van der Waals surface area contributed by atoms with Crippen molar-refractivity contribution >= 4 is 5.95 Å². The Balaban J connectivity index is 3.21. The number of nitrogens with zero attached hydrogens (tertiary/aromatic N) is 4. The van der Waals surface area contributed by atoms with Crippen molar-refractivity contribution in [1.29, 1.82) is 5.41 Å². The highest BCUT2D eigenvalue weighted by atomic mass is 16.5. The topological polar surface area (TPSA) is 78.0 Å². The van der Waals surface area contributed by atoms with Gasteiger partial charge in [0, 0.05) is 19.5 Å². The Bertz CT molecular complexity index is 383. The molecular formula is C9H17N5O. The number of anilines is 1. The van der Waals surface area contributed by atoms with Gasteiger partial charge >= 0.3 is 0 Å². The van der Waals surface area contributed by atoms with Crippen molar-refractivity contribution in [3.8, 4) is 0 Å². The first-order valence-electron chi connectivity index (χ1n) is 5.12. The predicted molar refractivity (Wildman–Crippen MR) is 56.0 cm³/mol. The van der Waals surface area contributed by atoms with Crippen LogP contribution in [0.4, 0.5) is 5.95 Å².